The predicted octanol–water partition coefficient (Wildman–Crippen LogP) is 1.26. The molecule has 0 unspecified atom stereocenters. The van der Waals surface area contributed by atoms with Gasteiger partial charge in [-0.3, -0.25) is 0 Å². The lowest BCUT2D eigenvalue weighted by Gasteiger charge is -2.37. The Morgan fingerprint density at radius 1 is 1.00 bits per heavy atom. The maximum atomic E-state index is 8.74. The molecule has 2 heterocycles. The fraction of sp³-hybridized carbons (Fsp3) is 0.267. The van der Waals surface area contributed by atoms with Gasteiger partial charge in [0.25, 0.3) is 0 Å². The molecule has 1 fully saturated rings. The van der Waals surface area contributed by atoms with E-state index in [0.29, 0.717) is 5.69 Å². The van der Waals surface area contributed by atoms with E-state index < -0.39 is 0 Å². The lowest BCUT2D eigenvalue weighted by molar-refractivity contribution is 0.647. The van der Waals surface area contributed by atoms with Crippen molar-refractivity contribution in [3.63, 3.8) is 0 Å². The van der Waals surface area contributed by atoms with Gasteiger partial charge in [0, 0.05) is 26.2 Å². The van der Waals surface area contributed by atoms with E-state index in [2.05, 4.69) is 19.8 Å². The number of rotatable bonds is 2. The van der Waals surface area contributed by atoms with E-state index in [-0.39, 0.29) is 0 Å². The monoisotopic (exact) mass is 280 g/mol. The van der Waals surface area contributed by atoms with Crippen molar-refractivity contribution in [3.05, 3.63) is 42.4 Å². The minimum absolute atomic E-state index is 0.342. The molecule has 1 aliphatic rings. The summed E-state index contributed by atoms with van der Waals surface area (Å²) in [5, 5.41) is 8.74. The third kappa shape index (κ3) is 2.72. The minimum atomic E-state index is 0.342. The van der Waals surface area contributed by atoms with Crippen LogP contribution in [-0.4, -0.2) is 36.1 Å². The van der Waals surface area contributed by atoms with Gasteiger partial charge in [0.1, 0.15) is 11.9 Å². The fourth-order valence-electron chi connectivity index (χ4n) is 2.49. The van der Waals surface area contributed by atoms with Crippen LogP contribution in [0.5, 0.6) is 0 Å². The highest BCUT2D eigenvalue weighted by atomic mass is 15.3. The Labute approximate surface area is 123 Å². The molecule has 6 nitrogen and oxygen atoms in total. The zero-order valence-corrected chi connectivity index (χ0v) is 11.6. The van der Waals surface area contributed by atoms with Gasteiger partial charge in [-0.2, -0.15) is 5.26 Å². The molecule has 0 saturated carbocycles. The first-order valence-corrected chi connectivity index (χ1v) is 6.84. The summed E-state index contributed by atoms with van der Waals surface area (Å²) in [5.41, 5.74) is 8.26. The number of hydrogen-bond donors (Lipinski definition) is 1. The maximum absolute atomic E-state index is 8.74. The van der Waals surface area contributed by atoms with Gasteiger partial charge in [-0.25, -0.2) is 9.97 Å². The van der Waals surface area contributed by atoms with Crippen LogP contribution in [0.15, 0.2) is 36.7 Å². The summed E-state index contributed by atoms with van der Waals surface area (Å²) in [6.07, 6.45) is 3.17. The molecule has 106 valence electrons. The van der Waals surface area contributed by atoms with E-state index in [1.807, 2.05) is 30.3 Å². The molecule has 21 heavy (non-hydrogen) atoms. The first-order chi connectivity index (χ1) is 10.3. The van der Waals surface area contributed by atoms with E-state index in [4.69, 9.17) is 11.0 Å². The van der Waals surface area contributed by atoms with Crippen LogP contribution < -0.4 is 15.5 Å². The summed E-state index contributed by atoms with van der Waals surface area (Å²) >= 11 is 0. The summed E-state index contributed by atoms with van der Waals surface area (Å²) in [6.45, 7) is 3.48. The molecule has 1 aromatic heterocycles. The van der Waals surface area contributed by atoms with Gasteiger partial charge in [-0.15, -0.1) is 0 Å². The summed E-state index contributed by atoms with van der Waals surface area (Å²) < 4.78 is 0. The average molecular weight is 280 g/mol. The number of nitrogens with zero attached hydrogens (tertiary/aromatic N) is 5. The van der Waals surface area contributed by atoms with Crippen LogP contribution in [0.3, 0.4) is 0 Å². The topological polar surface area (TPSA) is 82.1 Å². The van der Waals surface area contributed by atoms with Gasteiger partial charge in [0.2, 0.25) is 0 Å². The molecule has 3 rings (SSSR count). The molecule has 2 N–H and O–H groups in total. The second-order valence-electron chi connectivity index (χ2n) is 4.90. The number of para-hydroxylation sites is 2. The van der Waals surface area contributed by atoms with E-state index in [9.17, 15) is 0 Å². The standard InChI is InChI=1S/C15H16N6/c16-9-12-10-19-15(11-18-12)21-7-5-20(6-8-21)14-4-2-1-3-13(14)17/h1-4,10-11H,5-8,17H2. The van der Waals surface area contributed by atoms with Crippen molar-refractivity contribution in [1.82, 2.24) is 9.97 Å². The lowest BCUT2D eigenvalue weighted by Crippen LogP contribution is -2.47. The third-order valence-electron chi connectivity index (χ3n) is 3.63. The number of aromatic nitrogens is 2. The van der Waals surface area contributed by atoms with Gasteiger partial charge in [0.05, 0.1) is 23.8 Å². The molecular weight excluding hydrogens is 264 g/mol. The third-order valence-corrected chi connectivity index (χ3v) is 3.63. The highest BCUT2D eigenvalue weighted by Crippen LogP contribution is 2.24. The lowest BCUT2D eigenvalue weighted by atomic mass is 10.2. The van der Waals surface area contributed by atoms with Gasteiger partial charge >= 0.3 is 0 Å². The van der Waals surface area contributed by atoms with Crippen LogP contribution in [0.2, 0.25) is 0 Å². The summed E-state index contributed by atoms with van der Waals surface area (Å²) in [6, 6.07) is 9.90. The molecule has 0 aliphatic carbocycles. The smallest absolute Gasteiger partial charge is 0.158 e. The van der Waals surface area contributed by atoms with Crippen LogP contribution >= 0.6 is 0 Å². The number of hydrogen-bond acceptors (Lipinski definition) is 6. The Bertz CT molecular complexity index is 653. The SMILES string of the molecule is N#Cc1cnc(N2CCN(c3ccccc3N)CC2)cn1. The van der Waals surface area contributed by atoms with Crippen molar-refractivity contribution in [3.8, 4) is 6.07 Å². The first-order valence-electron chi connectivity index (χ1n) is 6.84. The largest absolute Gasteiger partial charge is 0.397 e. The highest BCUT2D eigenvalue weighted by Gasteiger charge is 2.19. The summed E-state index contributed by atoms with van der Waals surface area (Å²) in [5.74, 6) is 0.815. The second kappa shape index (κ2) is 5.67. The Morgan fingerprint density at radius 2 is 1.71 bits per heavy atom. The van der Waals surface area contributed by atoms with Crippen molar-refractivity contribution in [1.29, 1.82) is 5.26 Å². The van der Waals surface area contributed by atoms with E-state index in [0.717, 1.165) is 43.4 Å². The fourth-order valence-corrected chi connectivity index (χ4v) is 2.49. The first kappa shape index (κ1) is 13.2. The molecular formula is C15H16N6. The van der Waals surface area contributed by atoms with E-state index in [1.54, 1.807) is 6.20 Å². The molecule has 0 amide bonds. The van der Waals surface area contributed by atoms with Crippen molar-refractivity contribution in [2.24, 2.45) is 0 Å². The van der Waals surface area contributed by atoms with E-state index in [1.165, 1.54) is 6.20 Å². The Morgan fingerprint density at radius 3 is 2.33 bits per heavy atom. The second-order valence-corrected chi connectivity index (χ2v) is 4.90. The van der Waals surface area contributed by atoms with Crippen molar-refractivity contribution >= 4 is 17.2 Å². The van der Waals surface area contributed by atoms with Crippen LogP contribution in [-0.2, 0) is 0 Å². The number of nitriles is 1. The average Bonchev–Trinajstić information content (AvgIpc) is 2.56. The van der Waals surface area contributed by atoms with Gasteiger partial charge < -0.3 is 15.5 Å². The zero-order chi connectivity index (χ0) is 14.7. The Hall–Kier alpha value is -2.81. The molecule has 2 aromatic rings. The van der Waals surface area contributed by atoms with Crippen molar-refractivity contribution in [2.75, 3.05) is 41.7 Å². The number of benzene rings is 1. The summed E-state index contributed by atoms with van der Waals surface area (Å²) in [4.78, 5) is 12.8. The number of piperazine rings is 1. The summed E-state index contributed by atoms with van der Waals surface area (Å²) in [7, 11) is 0. The number of nitrogens with two attached hydrogens (primary N) is 1. The zero-order valence-electron chi connectivity index (χ0n) is 11.6. The predicted molar refractivity (Wildman–Crippen MR) is 82.0 cm³/mol. The normalized spacial score (nSPS) is 14.8. The minimum Gasteiger partial charge on any atom is -0.397 e. The van der Waals surface area contributed by atoms with Crippen LogP contribution in [0.1, 0.15) is 5.69 Å². The van der Waals surface area contributed by atoms with Gasteiger partial charge in [-0.05, 0) is 12.1 Å². The Kier molecular flexibility index (Phi) is 3.56. The molecule has 1 aliphatic heterocycles. The molecule has 0 atom stereocenters. The molecule has 0 bridgehead atoms. The molecule has 0 radical (unpaired) electrons. The quantitative estimate of drug-likeness (QED) is 0.834. The van der Waals surface area contributed by atoms with Crippen molar-refractivity contribution in [2.45, 2.75) is 0 Å². The van der Waals surface area contributed by atoms with E-state index >= 15 is 0 Å². The molecule has 1 aromatic carbocycles. The van der Waals surface area contributed by atoms with Crippen molar-refractivity contribution < 1.29 is 0 Å². The van der Waals surface area contributed by atoms with Gasteiger partial charge in [0.15, 0.2) is 5.69 Å². The molecule has 0 spiro atoms. The van der Waals surface area contributed by atoms with Crippen LogP contribution in [0.4, 0.5) is 17.2 Å². The highest BCUT2D eigenvalue weighted by molar-refractivity contribution is 5.67. The Balaban J connectivity index is 1.67. The van der Waals surface area contributed by atoms with Crippen LogP contribution in [0, 0.1) is 11.3 Å². The molecule has 1 saturated heterocycles. The maximum Gasteiger partial charge on any atom is 0.158 e. The number of nitrogen functional groups attached to an aromatic ring is 1. The number of anilines is 3. The van der Waals surface area contributed by atoms with Crippen LogP contribution in [0.25, 0.3) is 0 Å². The molecule has 6 heteroatoms. The van der Waals surface area contributed by atoms with Gasteiger partial charge in [-0.1, -0.05) is 12.1 Å².